The van der Waals surface area contributed by atoms with E-state index in [1.54, 1.807) is 0 Å². The summed E-state index contributed by atoms with van der Waals surface area (Å²) in [5.41, 5.74) is -0.575. The largest absolute Gasteiger partial charge is 0.496 e. The SMILES string of the molecule is COc1ccc(OCC(F)(F)F)c([N+](=O)[O-])c1. The molecule has 0 unspecified atom stereocenters. The van der Waals surface area contributed by atoms with E-state index in [9.17, 15) is 23.3 Å². The molecule has 0 amide bonds. The number of nitro benzene ring substituents is 1. The first-order valence-corrected chi connectivity index (χ1v) is 4.35. The van der Waals surface area contributed by atoms with E-state index in [1.807, 2.05) is 0 Å². The van der Waals surface area contributed by atoms with Gasteiger partial charge in [-0.15, -0.1) is 0 Å². The van der Waals surface area contributed by atoms with Crippen molar-refractivity contribution >= 4 is 5.69 Å². The fourth-order valence-corrected chi connectivity index (χ4v) is 1.05. The first-order valence-electron chi connectivity index (χ1n) is 4.35. The van der Waals surface area contributed by atoms with E-state index < -0.39 is 29.1 Å². The Balaban J connectivity index is 2.95. The highest BCUT2D eigenvalue weighted by molar-refractivity contribution is 5.50. The fourth-order valence-electron chi connectivity index (χ4n) is 1.05. The lowest BCUT2D eigenvalue weighted by atomic mass is 10.3. The minimum absolute atomic E-state index is 0.163. The van der Waals surface area contributed by atoms with E-state index in [2.05, 4.69) is 4.74 Å². The molecule has 1 rings (SSSR count). The monoisotopic (exact) mass is 251 g/mol. The van der Waals surface area contributed by atoms with E-state index in [-0.39, 0.29) is 5.75 Å². The molecule has 0 spiro atoms. The number of methoxy groups -OCH3 is 1. The quantitative estimate of drug-likeness (QED) is 0.609. The molecule has 0 atom stereocenters. The predicted molar refractivity (Wildman–Crippen MR) is 51.2 cm³/mol. The molecule has 0 aliphatic rings. The molecule has 94 valence electrons. The van der Waals surface area contributed by atoms with Crippen molar-refractivity contribution in [3.63, 3.8) is 0 Å². The van der Waals surface area contributed by atoms with Crippen LogP contribution in [-0.2, 0) is 0 Å². The standard InChI is InChI=1S/C9H8F3NO4/c1-16-6-2-3-8(7(4-6)13(14)15)17-5-9(10,11)12/h2-4H,5H2,1H3. The lowest BCUT2D eigenvalue weighted by Gasteiger charge is -2.09. The molecule has 0 fully saturated rings. The average molecular weight is 251 g/mol. The number of nitro groups is 1. The smallest absolute Gasteiger partial charge is 0.422 e. The van der Waals surface area contributed by atoms with E-state index >= 15 is 0 Å². The van der Waals surface area contributed by atoms with Crippen LogP contribution in [0.4, 0.5) is 18.9 Å². The van der Waals surface area contributed by atoms with E-state index in [0.717, 1.165) is 12.1 Å². The molecule has 0 N–H and O–H groups in total. The Bertz CT molecular complexity index is 419. The van der Waals surface area contributed by atoms with Crippen LogP contribution in [0.3, 0.4) is 0 Å². The number of benzene rings is 1. The Hall–Kier alpha value is -1.99. The van der Waals surface area contributed by atoms with E-state index in [0.29, 0.717) is 0 Å². The van der Waals surface area contributed by atoms with Crippen LogP contribution in [0, 0.1) is 10.1 Å². The van der Waals surface area contributed by atoms with Crippen molar-refractivity contribution in [1.82, 2.24) is 0 Å². The Morgan fingerprint density at radius 2 is 2.06 bits per heavy atom. The first-order chi connectivity index (χ1) is 7.83. The van der Waals surface area contributed by atoms with Gasteiger partial charge in [-0.1, -0.05) is 0 Å². The normalized spacial score (nSPS) is 11.1. The maximum absolute atomic E-state index is 11.9. The van der Waals surface area contributed by atoms with Crippen LogP contribution in [0.15, 0.2) is 18.2 Å². The zero-order valence-electron chi connectivity index (χ0n) is 8.65. The Morgan fingerprint density at radius 3 is 2.53 bits per heavy atom. The van der Waals surface area contributed by atoms with Gasteiger partial charge in [0, 0.05) is 0 Å². The molecule has 1 aromatic carbocycles. The number of hydrogen-bond acceptors (Lipinski definition) is 4. The molecule has 0 aliphatic carbocycles. The third kappa shape index (κ3) is 3.82. The fraction of sp³-hybridized carbons (Fsp3) is 0.333. The molecule has 5 nitrogen and oxygen atoms in total. The molecule has 0 bridgehead atoms. The van der Waals surface area contributed by atoms with Crippen LogP contribution in [0.5, 0.6) is 11.5 Å². The third-order valence-corrected chi connectivity index (χ3v) is 1.75. The van der Waals surface area contributed by atoms with Crippen LogP contribution in [-0.4, -0.2) is 24.8 Å². The van der Waals surface area contributed by atoms with Crippen molar-refractivity contribution in [3.05, 3.63) is 28.3 Å². The van der Waals surface area contributed by atoms with Gasteiger partial charge in [-0.2, -0.15) is 13.2 Å². The number of nitrogens with zero attached hydrogens (tertiary/aromatic N) is 1. The van der Waals surface area contributed by atoms with Crippen LogP contribution in [0.1, 0.15) is 0 Å². The van der Waals surface area contributed by atoms with Crippen LogP contribution in [0.2, 0.25) is 0 Å². The molecule has 0 saturated carbocycles. The molecule has 1 aromatic rings. The predicted octanol–water partition coefficient (Wildman–Crippen LogP) is 2.54. The van der Waals surface area contributed by atoms with Gasteiger partial charge in [-0.3, -0.25) is 10.1 Å². The first kappa shape index (κ1) is 13.1. The van der Waals surface area contributed by atoms with E-state index in [1.165, 1.54) is 13.2 Å². The lowest BCUT2D eigenvalue weighted by Crippen LogP contribution is -2.19. The van der Waals surface area contributed by atoms with Gasteiger partial charge in [0.25, 0.3) is 0 Å². The molecular weight excluding hydrogens is 243 g/mol. The Morgan fingerprint density at radius 1 is 1.41 bits per heavy atom. The van der Waals surface area contributed by atoms with Gasteiger partial charge in [0.1, 0.15) is 5.75 Å². The van der Waals surface area contributed by atoms with Crippen molar-refractivity contribution in [2.75, 3.05) is 13.7 Å². The second-order valence-electron chi connectivity index (χ2n) is 2.99. The summed E-state index contributed by atoms with van der Waals surface area (Å²) in [5.74, 6) is -0.288. The molecule has 0 heterocycles. The maximum Gasteiger partial charge on any atom is 0.422 e. The summed E-state index contributed by atoms with van der Waals surface area (Å²) in [6.07, 6.45) is -4.55. The van der Waals surface area contributed by atoms with Crippen LogP contribution >= 0.6 is 0 Å². The number of ether oxygens (including phenoxy) is 2. The van der Waals surface area contributed by atoms with Crippen LogP contribution < -0.4 is 9.47 Å². The van der Waals surface area contributed by atoms with Crippen molar-refractivity contribution in [3.8, 4) is 11.5 Å². The number of alkyl halides is 3. The molecule has 0 aliphatic heterocycles. The molecule has 17 heavy (non-hydrogen) atoms. The van der Waals surface area contributed by atoms with Crippen molar-refractivity contribution in [1.29, 1.82) is 0 Å². The summed E-state index contributed by atoms with van der Waals surface area (Å²) in [4.78, 5) is 9.76. The summed E-state index contributed by atoms with van der Waals surface area (Å²) in [7, 11) is 1.29. The van der Waals surface area contributed by atoms with Crippen LogP contribution in [0.25, 0.3) is 0 Å². The maximum atomic E-state index is 11.9. The summed E-state index contributed by atoms with van der Waals surface area (Å²) in [6.45, 7) is -1.58. The average Bonchev–Trinajstić information content (AvgIpc) is 2.25. The minimum Gasteiger partial charge on any atom is -0.496 e. The number of rotatable bonds is 4. The highest BCUT2D eigenvalue weighted by Crippen LogP contribution is 2.32. The molecule has 0 saturated heterocycles. The van der Waals surface area contributed by atoms with Crippen molar-refractivity contribution in [2.24, 2.45) is 0 Å². The molecular formula is C9H8F3NO4. The second-order valence-corrected chi connectivity index (χ2v) is 2.99. The second kappa shape index (κ2) is 4.89. The van der Waals surface area contributed by atoms with Crippen molar-refractivity contribution in [2.45, 2.75) is 6.18 Å². The Kier molecular flexibility index (Phi) is 3.77. The van der Waals surface area contributed by atoms with Crippen molar-refractivity contribution < 1.29 is 27.6 Å². The summed E-state index contributed by atoms with van der Waals surface area (Å²) in [5, 5.41) is 10.6. The zero-order valence-corrected chi connectivity index (χ0v) is 8.65. The van der Waals surface area contributed by atoms with Gasteiger partial charge in [0.2, 0.25) is 0 Å². The highest BCUT2D eigenvalue weighted by Gasteiger charge is 2.30. The van der Waals surface area contributed by atoms with Gasteiger partial charge in [-0.05, 0) is 12.1 Å². The van der Waals surface area contributed by atoms with Gasteiger partial charge in [0.15, 0.2) is 12.4 Å². The molecule has 0 radical (unpaired) electrons. The minimum atomic E-state index is -4.55. The summed E-state index contributed by atoms with van der Waals surface area (Å²) < 4.78 is 44.8. The number of hydrogen-bond donors (Lipinski definition) is 0. The topological polar surface area (TPSA) is 61.6 Å². The van der Waals surface area contributed by atoms with Gasteiger partial charge in [-0.25, -0.2) is 0 Å². The number of halogens is 3. The zero-order chi connectivity index (χ0) is 13.1. The molecule has 8 heteroatoms. The highest BCUT2D eigenvalue weighted by atomic mass is 19.4. The van der Waals surface area contributed by atoms with Gasteiger partial charge >= 0.3 is 11.9 Å². The lowest BCUT2D eigenvalue weighted by molar-refractivity contribution is -0.386. The Labute approximate surface area is 93.9 Å². The van der Waals surface area contributed by atoms with Gasteiger partial charge < -0.3 is 9.47 Å². The molecule has 0 aromatic heterocycles. The third-order valence-electron chi connectivity index (χ3n) is 1.75. The summed E-state index contributed by atoms with van der Waals surface area (Å²) >= 11 is 0. The van der Waals surface area contributed by atoms with Gasteiger partial charge in [0.05, 0.1) is 18.1 Å². The van der Waals surface area contributed by atoms with E-state index in [4.69, 9.17) is 4.74 Å². The summed E-state index contributed by atoms with van der Waals surface area (Å²) in [6, 6.07) is 3.33.